The van der Waals surface area contributed by atoms with Gasteiger partial charge in [0, 0.05) is 13.1 Å². The summed E-state index contributed by atoms with van der Waals surface area (Å²) in [5.74, 6) is -0.984. The van der Waals surface area contributed by atoms with Gasteiger partial charge in [-0.3, -0.25) is 0 Å². The predicted octanol–water partition coefficient (Wildman–Crippen LogP) is 2.84. The summed E-state index contributed by atoms with van der Waals surface area (Å²) < 4.78 is 26.7. The van der Waals surface area contributed by atoms with Crippen molar-refractivity contribution in [2.24, 2.45) is 0 Å². The Labute approximate surface area is 135 Å². The number of benzene rings is 2. The Morgan fingerprint density at radius 3 is 2.22 bits per heavy atom. The van der Waals surface area contributed by atoms with Gasteiger partial charge in [-0.1, -0.05) is 24.3 Å². The van der Waals surface area contributed by atoms with Crippen LogP contribution in [-0.4, -0.2) is 36.9 Å². The highest BCUT2D eigenvalue weighted by Crippen LogP contribution is 2.26. The number of nitrogens with zero attached hydrogens (tertiary/aromatic N) is 1. The lowest BCUT2D eigenvalue weighted by atomic mass is 10.0. The highest BCUT2D eigenvalue weighted by Gasteiger charge is 2.27. The first-order valence-electron chi connectivity index (χ1n) is 7.42. The van der Waals surface area contributed by atoms with Crippen molar-refractivity contribution in [3.8, 4) is 11.1 Å². The topological polar surface area (TPSA) is 74.7 Å². The van der Waals surface area contributed by atoms with Crippen LogP contribution in [0.15, 0.2) is 53.4 Å². The van der Waals surface area contributed by atoms with Gasteiger partial charge in [-0.05, 0) is 48.2 Å². The molecule has 0 amide bonds. The smallest absolute Gasteiger partial charge is 0.335 e. The van der Waals surface area contributed by atoms with E-state index in [0.29, 0.717) is 13.1 Å². The van der Waals surface area contributed by atoms with Gasteiger partial charge < -0.3 is 5.11 Å². The molecule has 0 radical (unpaired) electrons. The quantitative estimate of drug-likeness (QED) is 0.935. The number of hydrogen-bond donors (Lipinski definition) is 1. The molecule has 1 aliphatic rings. The molecule has 6 heteroatoms. The van der Waals surface area contributed by atoms with Gasteiger partial charge in [0.25, 0.3) is 0 Å². The summed E-state index contributed by atoms with van der Waals surface area (Å²) in [6.07, 6.45) is 1.80. The van der Waals surface area contributed by atoms with Gasteiger partial charge in [0.05, 0.1) is 10.5 Å². The molecule has 1 fully saturated rings. The Morgan fingerprint density at radius 2 is 1.61 bits per heavy atom. The van der Waals surface area contributed by atoms with Crippen LogP contribution in [0.25, 0.3) is 11.1 Å². The zero-order chi connectivity index (χ0) is 16.4. The molecule has 2 aromatic rings. The van der Waals surface area contributed by atoms with Crippen molar-refractivity contribution >= 4 is 16.0 Å². The molecular weight excluding hydrogens is 314 g/mol. The van der Waals surface area contributed by atoms with Crippen molar-refractivity contribution in [2.45, 2.75) is 17.7 Å². The summed E-state index contributed by atoms with van der Waals surface area (Å²) in [5, 5.41) is 8.93. The molecule has 0 bridgehead atoms. The number of rotatable bonds is 4. The molecule has 0 aliphatic carbocycles. The van der Waals surface area contributed by atoms with E-state index in [9.17, 15) is 13.2 Å². The van der Waals surface area contributed by atoms with E-state index >= 15 is 0 Å². The number of carbonyl (C=O) groups is 1. The van der Waals surface area contributed by atoms with Crippen molar-refractivity contribution < 1.29 is 18.3 Å². The SMILES string of the molecule is O=C(O)c1ccc(-c2cccc(S(=O)(=O)N3CCCC3)c2)cc1. The van der Waals surface area contributed by atoms with Crippen LogP contribution in [0.2, 0.25) is 0 Å². The Hall–Kier alpha value is -2.18. The van der Waals surface area contributed by atoms with E-state index in [2.05, 4.69) is 0 Å². The van der Waals surface area contributed by atoms with Gasteiger partial charge in [-0.15, -0.1) is 0 Å². The van der Waals surface area contributed by atoms with Crippen molar-refractivity contribution in [1.82, 2.24) is 4.31 Å². The first-order chi connectivity index (χ1) is 11.0. The lowest BCUT2D eigenvalue weighted by Gasteiger charge is -2.16. The van der Waals surface area contributed by atoms with Gasteiger partial charge >= 0.3 is 5.97 Å². The van der Waals surface area contributed by atoms with Crippen molar-refractivity contribution in [3.63, 3.8) is 0 Å². The molecule has 1 N–H and O–H groups in total. The van der Waals surface area contributed by atoms with Gasteiger partial charge in [0.15, 0.2) is 0 Å². The molecule has 0 atom stereocenters. The van der Waals surface area contributed by atoms with Crippen LogP contribution in [0.1, 0.15) is 23.2 Å². The summed E-state index contributed by atoms with van der Waals surface area (Å²) in [7, 11) is -3.45. The second-order valence-electron chi connectivity index (χ2n) is 5.52. The number of hydrogen-bond acceptors (Lipinski definition) is 3. The molecule has 0 unspecified atom stereocenters. The van der Waals surface area contributed by atoms with Crippen LogP contribution in [-0.2, 0) is 10.0 Å². The maximum Gasteiger partial charge on any atom is 0.335 e. The van der Waals surface area contributed by atoms with Crippen LogP contribution in [0.3, 0.4) is 0 Å². The molecule has 0 aromatic heterocycles. The third-order valence-corrected chi connectivity index (χ3v) is 5.90. The first-order valence-corrected chi connectivity index (χ1v) is 8.86. The minimum Gasteiger partial charge on any atom is -0.478 e. The Morgan fingerprint density at radius 1 is 0.957 bits per heavy atom. The first kappa shape index (κ1) is 15.7. The summed E-state index contributed by atoms with van der Waals surface area (Å²) in [5.41, 5.74) is 1.74. The fraction of sp³-hybridized carbons (Fsp3) is 0.235. The maximum absolute atomic E-state index is 12.6. The van der Waals surface area contributed by atoms with E-state index in [0.717, 1.165) is 24.0 Å². The highest BCUT2D eigenvalue weighted by atomic mass is 32.2. The minimum absolute atomic E-state index is 0.203. The molecule has 1 heterocycles. The third-order valence-electron chi connectivity index (χ3n) is 4.00. The molecule has 0 spiro atoms. The Bertz CT molecular complexity index is 822. The maximum atomic E-state index is 12.6. The van der Waals surface area contributed by atoms with Crippen LogP contribution in [0.5, 0.6) is 0 Å². The van der Waals surface area contributed by atoms with E-state index in [4.69, 9.17) is 5.11 Å². The van der Waals surface area contributed by atoms with E-state index in [1.807, 2.05) is 6.07 Å². The molecule has 1 aliphatic heterocycles. The molecule has 5 nitrogen and oxygen atoms in total. The van der Waals surface area contributed by atoms with Gasteiger partial charge in [0.1, 0.15) is 0 Å². The third kappa shape index (κ3) is 3.13. The van der Waals surface area contributed by atoms with E-state index in [-0.39, 0.29) is 10.5 Å². The van der Waals surface area contributed by atoms with Crippen LogP contribution in [0.4, 0.5) is 0 Å². The summed E-state index contributed by atoms with van der Waals surface area (Å²) >= 11 is 0. The van der Waals surface area contributed by atoms with E-state index < -0.39 is 16.0 Å². The van der Waals surface area contributed by atoms with Gasteiger partial charge in [-0.25, -0.2) is 13.2 Å². The Balaban J connectivity index is 1.95. The summed E-state index contributed by atoms with van der Waals surface area (Å²) in [6.45, 7) is 1.14. The zero-order valence-corrected chi connectivity index (χ0v) is 13.3. The standard InChI is InChI=1S/C17H17NO4S/c19-17(20)14-8-6-13(7-9-14)15-4-3-5-16(12-15)23(21,22)18-10-1-2-11-18/h3-9,12H,1-2,10-11H2,(H,19,20). The van der Waals surface area contributed by atoms with Crippen molar-refractivity contribution in [2.75, 3.05) is 13.1 Å². The fourth-order valence-electron chi connectivity index (χ4n) is 2.72. The highest BCUT2D eigenvalue weighted by molar-refractivity contribution is 7.89. The number of carboxylic acids is 1. The van der Waals surface area contributed by atoms with E-state index in [1.54, 1.807) is 30.3 Å². The summed E-state index contributed by atoms with van der Waals surface area (Å²) in [4.78, 5) is 11.2. The lowest BCUT2D eigenvalue weighted by molar-refractivity contribution is 0.0697. The Kier molecular flexibility index (Phi) is 4.19. The molecule has 2 aromatic carbocycles. The summed E-state index contributed by atoms with van der Waals surface area (Å²) in [6, 6.07) is 13.2. The van der Waals surface area contributed by atoms with Gasteiger partial charge in [0.2, 0.25) is 10.0 Å². The van der Waals surface area contributed by atoms with Crippen LogP contribution < -0.4 is 0 Å². The molecule has 0 saturated carbocycles. The van der Waals surface area contributed by atoms with Crippen molar-refractivity contribution in [3.05, 3.63) is 54.1 Å². The average molecular weight is 331 g/mol. The van der Waals surface area contributed by atoms with Crippen LogP contribution in [0, 0.1) is 0 Å². The minimum atomic E-state index is -3.45. The molecule has 1 saturated heterocycles. The largest absolute Gasteiger partial charge is 0.478 e. The second kappa shape index (κ2) is 6.14. The lowest BCUT2D eigenvalue weighted by Crippen LogP contribution is -2.27. The molecule has 120 valence electrons. The fourth-order valence-corrected chi connectivity index (χ4v) is 4.28. The zero-order valence-electron chi connectivity index (χ0n) is 12.5. The number of sulfonamides is 1. The predicted molar refractivity (Wildman–Crippen MR) is 86.8 cm³/mol. The molecule has 23 heavy (non-hydrogen) atoms. The monoisotopic (exact) mass is 331 g/mol. The van der Waals surface area contributed by atoms with Crippen molar-refractivity contribution in [1.29, 1.82) is 0 Å². The average Bonchev–Trinajstić information content (AvgIpc) is 3.10. The van der Waals surface area contributed by atoms with Crippen LogP contribution >= 0.6 is 0 Å². The van der Waals surface area contributed by atoms with Gasteiger partial charge in [-0.2, -0.15) is 4.31 Å². The molecule has 3 rings (SSSR count). The normalized spacial score (nSPS) is 15.7. The molecular formula is C17H17NO4S. The number of aromatic carboxylic acids is 1. The second-order valence-corrected chi connectivity index (χ2v) is 7.46. The van der Waals surface area contributed by atoms with E-state index in [1.165, 1.54) is 16.4 Å². The number of carboxylic acid groups (broad SMARTS) is 1.